The number of imide groups is 1. The molecule has 6 heteroatoms. The molecule has 0 N–H and O–H groups in total. The van der Waals surface area contributed by atoms with Crippen LogP contribution in [0.15, 0.2) is 24.3 Å². The van der Waals surface area contributed by atoms with E-state index in [1.807, 2.05) is 6.92 Å². The summed E-state index contributed by atoms with van der Waals surface area (Å²) >= 11 is 0. The number of carbonyl (C=O) groups is 3. The average Bonchev–Trinajstić information content (AvgIpc) is 2.75. The third-order valence-electron chi connectivity index (χ3n) is 3.33. The fourth-order valence-corrected chi connectivity index (χ4v) is 2.31. The van der Waals surface area contributed by atoms with Crippen LogP contribution >= 0.6 is 0 Å². The van der Waals surface area contributed by atoms with Gasteiger partial charge in [-0.3, -0.25) is 19.3 Å². The molecule has 0 radical (unpaired) electrons. The second kappa shape index (κ2) is 7.17. The Balaban J connectivity index is 2.18. The molecule has 0 saturated carbocycles. The highest BCUT2D eigenvalue weighted by Crippen LogP contribution is 2.24. The van der Waals surface area contributed by atoms with Gasteiger partial charge in [-0.05, 0) is 18.6 Å². The van der Waals surface area contributed by atoms with Crippen molar-refractivity contribution in [2.75, 3.05) is 19.8 Å². The summed E-state index contributed by atoms with van der Waals surface area (Å²) in [5.74, 6) is -1.21. The smallest absolute Gasteiger partial charge is 0.302 e. The maximum Gasteiger partial charge on any atom is 0.302 e. The van der Waals surface area contributed by atoms with E-state index in [1.165, 1.54) is 6.92 Å². The Bertz CT molecular complexity index is 549. The number of hydrogen-bond acceptors (Lipinski definition) is 5. The lowest BCUT2D eigenvalue weighted by molar-refractivity contribution is -0.142. The van der Waals surface area contributed by atoms with Crippen molar-refractivity contribution in [2.45, 2.75) is 26.3 Å². The summed E-state index contributed by atoms with van der Waals surface area (Å²) in [6.07, 6.45) is 0.822. The molecule has 0 spiro atoms. The van der Waals surface area contributed by atoms with Crippen LogP contribution in [0.4, 0.5) is 0 Å². The van der Waals surface area contributed by atoms with E-state index in [-0.39, 0.29) is 25.0 Å². The van der Waals surface area contributed by atoms with E-state index in [0.29, 0.717) is 17.7 Å². The van der Waals surface area contributed by atoms with Gasteiger partial charge in [0.05, 0.1) is 23.8 Å². The molecule has 1 atom stereocenters. The first-order chi connectivity index (χ1) is 10.6. The zero-order valence-corrected chi connectivity index (χ0v) is 12.7. The number of fused-ring (bicyclic) bond motifs is 1. The van der Waals surface area contributed by atoms with Gasteiger partial charge in [-0.25, -0.2) is 0 Å². The van der Waals surface area contributed by atoms with Crippen molar-refractivity contribution in [3.63, 3.8) is 0 Å². The zero-order chi connectivity index (χ0) is 16.1. The minimum Gasteiger partial charge on any atom is -0.464 e. The lowest BCUT2D eigenvalue weighted by atomic mass is 10.1. The fourth-order valence-electron chi connectivity index (χ4n) is 2.31. The van der Waals surface area contributed by atoms with Crippen LogP contribution in [0.1, 0.15) is 41.0 Å². The van der Waals surface area contributed by atoms with Crippen molar-refractivity contribution >= 4 is 17.8 Å². The minimum atomic E-state index is -0.622. The Morgan fingerprint density at radius 3 is 2.23 bits per heavy atom. The molecule has 0 aromatic heterocycles. The molecule has 0 saturated heterocycles. The molecule has 2 amide bonds. The highest BCUT2D eigenvalue weighted by molar-refractivity contribution is 6.21. The second-order valence-corrected chi connectivity index (χ2v) is 5.06. The molecule has 2 rings (SSSR count). The van der Waals surface area contributed by atoms with E-state index in [9.17, 15) is 14.4 Å². The molecule has 1 aromatic carbocycles. The topological polar surface area (TPSA) is 72.9 Å². The summed E-state index contributed by atoms with van der Waals surface area (Å²) in [5, 5.41) is 0. The summed E-state index contributed by atoms with van der Waals surface area (Å²) in [6, 6.07) is 6.03. The van der Waals surface area contributed by atoms with Crippen molar-refractivity contribution in [3.05, 3.63) is 35.4 Å². The van der Waals surface area contributed by atoms with Gasteiger partial charge in [0.1, 0.15) is 6.61 Å². The van der Waals surface area contributed by atoms with Gasteiger partial charge in [0.25, 0.3) is 11.8 Å². The predicted molar refractivity (Wildman–Crippen MR) is 78.5 cm³/mol. The number of carbonyl (C=O) groups excluding carboxylic acids is 3. The van der Waals surface area contributed by atoms with Gasteiger partial charge in [0.2, 0.25) is 0 Å². The first kappa shape index (κ1) is 16.2. The molecule has 1 aliphatic heterocycles. The van der Waals surface area contributed by atoms with Gasteiger partial charge >= 0.3 is 5.97 Å². The lowest BCUT2D eigenvalue weighted by Gasteiger charge is -2.25. The van der Waals surface area contributed by atoms with Gasteiger partial charge in [0, 0.05) is 13.5 Å². The molecule has 1 heterocycles. The summed E-state index contributed by atoms with van der Waals surface area (Å²) in [7, 11) is 0. The van der Waals surface area contributed by atoms with Gasteiger partial charge < -0.3 is 9.47 Å². The number of nitrogens with zero attached hydrogens (tertiary/aromatic N) is 1. The van der Waals surface area contributed by atoms with E-state index in [4.69, 9.17) is 9.47 Å². The summed E-state index contributed by atoms with van der Waals surface area (Å²) < 4.78 is 10.4. The van der Waals surface area contributed by atoms with Gasteiger partial charge in [-0.2, -0.15) is 0 Å². The number of benzene rings is 1. The van der Waals surface area contributed by atoms with Gasteiger partial charge in [0.15, 0.2) is 0 Å². The van der Waals surface area contributed by atoms with Crippen molar-refractivity contribution in [3.8, 4) is 0 Å². The molecule has 1 aliphatic rings. The minimum absolute atomic E-state index is 0.0650. The molecule has 0 fully saturated rings. The van der Waals surface area contributed by atoms with E-state index in [2.05, 4.69) is 0 Å². The maximum atomic E-state index is 12.4. The third kappa shape index (κ3) is 3.33. The molecule has 22 heavy (non-hydrogen) atoms. The molecule has 1 aromatic rings. The SMILES string of the molecule is CCCOCC(COC(C)=O)N1C(=O)c2ccccc2C1=O. The highest BCUT2D eigenvalue weighted by Gasteiger charge is 2.40. The molecule has 0 aliphatic carbocycles. The van der Waals surface area contributed by atoms with Crippen LogP contribution in [0.25, 0.3) is 0 Å². The van der Waals surface area contributed by atoms with Crippen LogP contribution in [0, 0.1) is 0 Å². The predicted octanol–water partition coefficient (Wildman–Crippen LogP) is 1.64. The van der Waals surface area contributed by atoms with E-state index < -0.39 is 12.0 Å². The lowest BCUT2D eigenvalue weighted by Crippen LogP contribution is -2.45. The summed E-state index contributed by atoms with van der Waals surface area (Å²) in [6.45, 7) is 3.84. The first-order valence-corrected chi connectivity index (χ1v) is 7.24. The van der Waals surface area contributed by atoms with Crippen molar-refractivity contribution < 1.29 is 23.9 Å². The van der Waals surface area contributed by atoms with Gasteiger partial charge in [-0.1, -0.05) is 19.1 Å². The molecule has 1 unspecified atom stereocenters. The molecular weight excluding hydrogens is 286 g/mol. The van der Waals surface area contributed by atoms with Crippen molar-refractivity contribution in [1.29, 1.82) is 0 Å². The number of ether oxygens (including phenoxy) is 2. The Morgan fingerprint density at radius 2 is 1.73 bits per heavy atom. The quantitative estimate of drug-likeness (QED) is 0.435. The Hall–Kier alpha value is -2.21. The number of rotatable bonds is 7. The Kier molecular flexibility index (Phi) is 5.27. The Labute approximate surface area is 129 Å². The number of esters is 1. The first-order valence-electron chi connectivity index (χ1n) is 7.24. The van der Waals surface area contributed by atoms with Crippen LogP contribution in [-0.2, 0) is 14.3 Å². The highest BCUT2D eigenvalue weighted by atomic mass is 16.5. The molecular formula is C16H19NO5. The van der Waals surface area contributed by atoms with Gasteiger partial charge in [-0.15, -0.1) is 0 Å². The largest absolute Gasteiger partial charge is 0.464 e. The summed E-state index contributed by atoms with van der Waals surface area (Å²) in [4.78, 5) is 37.0. The monoisotopic (exact) mass is 305 g/mol. The molecule has 0 bridgehead atoms. The zero-order valence-electron chi connectivity index (χ0n) is 12.7. The average molecular weight is 305 g/mol. The number of amides is 2. The molecule has 6 nitrogen and oxygen atoms in total. The van der Waals surface area contributed by atoms with Crippen LogP contribution < -0.4 is 0 Å². The normalized spacial score (nSPS) is 14.9. The van der Waals surface area contributed by atoms with Crippen LogP contribution in [-0.4, -0.2) is 48.5 Å². The fraction of sp³-hybridized carbons (Fsp3) is 0.438. The maximum absolute atomic E-state index is 12.4. The van der Waals surface area contributed by atoms with Crippen molar-refractivity contribution in [1.82, 2.24) is 4.90 Å². The summed E-state index contributed by atoms with van der Waals surface area (Å²) in [5.41, 5.74) is 0.742. The van der Waals surface area contributed by atoms with Crippen LogP contribution in [0.5, 0.6) is 0 Å². The van der Waals surface area contributed by atoms with E-state index in [1.54, 1.807) is 24.3 Å². The van der Waals surface area contributed by atoms with E-state index >= 15 is 0 Å². The standard InChI is InChI=1S/C16H19NO5/c1-3-8-21-9-12(10-22-11(2)18)17-15(19)13-6-4-5-7-14(13)16(17)20/h4-7,12H,3,8-10H2,1-2H3. The van der Waals surface area contributed by atoms with Crippen molar-refractivity contribution in [2.24, 2.45) is 0 Å². The van der Waals surface area contributed by atoms with Crippen LogP contribution in [0.2, 0.25) is 0 Å². The Morgan fingerprint density at radius 1 is 1.14 bits per heavy atom. The number of hydrogen-bond donors (Lipinski definition) is 0. The third-order valence-corrected chi connectivity index (χ3v) is 3.33. The second-order valence-electron chi connectivity index (χ2n) is 5.06. The van der Waals surface area contributed by atoms with Crippen LogP contribution in [0.3, 0.4) is 0 Å². The molecule has 118 valence electrons. The van der Waals surface area contributed by atoms with E-state index in [0.717, 1.165) is 11.3 Å².